The van der Waals surface area contributed by atoms with Gasteiger partial charge in [-0.2, -0.15) is 0 Å². The van der Waals surface area contributed by atoms with Crippen molar-refractivity contribution in [3.8, 4) is 0 Å². The zero-order valence-corrected chi connectivity index (χ0v) is 44.5. The van der Waals surface area contributed by atoms with Crippen molar-refractivity contribution >= 4 is 11.9 Å². The largest absolute Gasteiger partial charge is 0.463 e. The molecule has 1 atom stereocenters. The van der Waals surface area contributed by atoms with Crippen LogP contribution in [0.3, 0.4) is 0 Å². The minimum Gasteiger partial charge on any atom is -0.463 e. The molecule has 0 aromatic carbocycles. The van der Waals surface area contributed by atoms with Gasteiger partial charge in [0.1, 0.15) is 19.3 Å². The molecule has 386 valence electrons. The van der Waals surface area contributed by atoms with Gasteiger partial charge >= 0.3 is 11.9 Å². The Morgan fingerprint density at radius 1 is 0.318 bits per heavy atom. The lowest BCUT2D eigenvalue weighted by Gasteiger charge is -2.18. The highest BCUT2D eigenvalue weighted by Crippen LogP contribution is 2.16. The molecule has 0 aliphatic rings. The third-order valence-electron chi connectivity index (χ3n) is 12.9. The van der Waals surface area contributed by atoms with E-state index in [1.807, 2.05) is 0 Å². The number of hydrogen-bond donors (Lipinski definition) is 0. The number of carbonyl (C=O) groups excluding carboxylic acids is 2. The summed E-state index contributed by atoms with van der Waals surface area (Å²) in [7, 11) is 0. The fraction of sp³-hybridized carbons (Fsp3) is 0.836. The van der Waals surface area contributed by atoms with E-state index in [1.54, 1.807) is 0 Å². The minimum absolute atomic E-state index is 0.133. The summed E-state index contributed by atoms with van der Waals surface area (Å²) < 4.78 is 17.5. The van der Waals surface area contributed by atoms with Gasteiger partial charge in [-0.05, 0) is 57.8 Å². The normalized spacial score (nSPS) is 12.5. The summed E-state index contributed by atoms with van der Waals surface area (Å²) in [6, 6.07) is 0. The molecule has 0 unspecified atom stereocenters. The first-order valence-corrected chi connectivity index (χ1v) is 29.2. The number of allylic oxidation sites excluding steroid dienone is 8. The van der Waals surface area contributed by atoms with Crippen LogP contribution in [-0.2, 0) is 23.8 Å². The van der Waals surface area contributed by atoms with E-state index < -0.39 is 6.10 Å². The van der Waals surface area contributed by atoms with E-state index >= 15 is 0 Å². The Kier molecular flexibility index (Phi) is 55.3. The van der Waals surface area contributed by atoms with E-state index in [4.69, 9.17) is 14.2 Å². The maximum absolute atomic E-state index is 12.7. The van der Waals surface area contributed by atoms with Crippen LogP contribution in [0.4, 0.5) is 0 Å². The minimum atomic E-state index is -0.418. The van der Waals surface area contributed by atoms with Gasteiger partial charge in [0.25, 0.3) is 0 Å². The van der Waals surface area contributed by atoms with Crippen molar-refractivity contribution in [3.63, 3.8) is 0 Å². The van der Waals surface area contributed by atoms with Gasteiger partial charge in [0, 0.05) is 19.4 Å². The molecule has 0 N–H and O–H groups in total. The van der Waals surface area contributed by atoms with Crippen molar-refractivity contribution in [2.45, 2.75) is 309 Å². The van der Waals surface area contributed by atoms with E-state index in [0.29, 0.717) is 19.4 Å². The van der Waals surface area contributed by atoms with E-state index in [1.165, 1.54) is 212 Å². The first-order valence-electron chi connectivity index (χ1n) is 29.2. The lowest BCUT2D eigenvalue weighted by molar-refractivity contribution is -0.155. The summed E-state index contributed by atoms with van der Waals surface area (Å²) in [5, 5.41) is 0. The zero-order valence-electron chi connectivity index (χ0n) is 44.5. The van der Waals surface area contributed by atoms with Crippen molar-refractivity contribution in [1.29, 1.82) is 0 Å². The van der Waals surface area contributed by atoms with E-state index in [9.17, 15) is 9.59 Å². The van der Waals surface area contributed by atoms with Crippen LogP contribution < -0.4 is 0 Å². The molecule has 0 aromatic heterocycles. The Hall–Kier alpha value is -2.14. The molecular weight excluding hydrogens is 813 g/mol. The van der Waals surface area contributed by atoms with Crippen LogP contribution in [0, 0.1) is 0 Å². The van der Waals surface area contributed by atoms with Crippen LogP contribution in [0.25, 0.3) is 0 Å². The summed E-state index contributed by atoms with van der Waals surface area (Å²) >= 11 is 0. The highest BCUT2D eigenvalue weighted by molar-refractivity contribution is 5.69. The van der Waals surface area contributed by atoms with Crippen LogP contribution in [0.5, 0.6) is 0 Å². The number of hydrogen-bond acceptors (Lipinski definition) is 5. The Balaban J connectivity index is 4.30. The second kappa shape index (κ2) is 57.2. The van der Waals surface area contributed by atoms with Gasteiger partial charge in [-0.1, -0.05) is 281 Å². The Morgan fingerprint density at radius 2 is 0.591 bits per heavy atom. The molecule has 5 heteroatoms. The first-order chi connectivity index (χ1) is 32.6. The topological polar surface area (TPSA) is 61.8 Å². The quantitative estimate of drug-likeness (QED) is 0.0345. The summed E-state index contributed by atoms with van der Waals surface area (Å²) in [5.74, 6) is -0.381. The Bertz CT molecular complexity index is 1090. The number of rotatable bonds is 54. The standard InChI is InChI=1S/C61H112O5/c1-4-7-10-13-16-19-22-25-28-31-33-36-39-42-45-48-51-54-60(62)65-57-59(64-56-53-50-47-44-41-38-35-30-27-24-21-18-15-12-9-6-3)58-66-61(63)55-52-49-46-43-40-37-34-32-29-26-23-20-17-14-11-8-5-2/h16,19,25,28,33,36,42,45,59H,4-15,17-18,20-24,26-27,29-32,34-35,37-41,43-44,46-58H2,1-3H3/b19-16-,28-25-,36-33-,45-42-/t59-/m1/s1. The Morgan fingerprint density at radius 3 is 0.955 bits per heavy atom. The third-order valence-corrected chi connectivity index (χ3v) is 12.9. The molecule has 0 bridgehead atoms. The smallest absolute Gasteiger partial charge is 0.305 e. The van der Waals surface area contributed by atoms with Crippen LogP contribution in [0.15, 0.2) is 48.6 Å². The predicted molar refractivity (Wildman–Crippen MR) is 288 cm³/mol. The number of carbonyl (C=O) groups is 2. The molecule has 0 radical (unpaired) electrons. The Labute approximate surface area is 412 Å². The second-order valence-electron chi connectivity index (χ2n) is 19.5. The maximum Gasteiger partial charge on any atom is 0.305 e. The molecular formula is C61H112O5. The molecule has 66 heavy (non-hydrogen) atoms. The van der Waals surface area contributed by atoms with Gasteiger partial charge < -0.3 is 14.2 Å². The summed E-state index contributed by atoms with van der Waals surface area (Å²) in [4.78, 5) is 25.3. The predicted octanol–water partition coefficient (Wildman–Crippen LogP) is 19.9. The van der Waals surface area contributed by atoms with Gasteiger partial charge in [0.05, 0.1) is 0 Å². The monoisotopic (exact) mass is 925 g/mol. The van der Waals surface area contributed by atoms with Crippen LogP contribution in [0.2, 0.25) is 0 Å². The fourth-order valence-electron chi connectivity index (χ4n) is 8.48. The van der Waals surface area contributed by atoms with Crippen LogP contribution in [0.1, 0.15) is 303 Å². The van der Waals surface area contributed by atoms with E-state index in [-0.39, 0.29) is 25.2 Å². The van der Waals surface area contributed by atoms with Gasteiger partial charge in [0.15, 0.2) is 0 Å². The van der Waals surface area contributed by atoms with Crippen molar-refractivity contribution in [1.82, 2.24) is 0 Å². The summed E-state index contributed by atoms with van der Waals surface area (Å²) in [6.07, 6.45) is 71.6. The van der Waals surface area contributed by atoms with Crippen LogP contribution >= 0.6 is 0 Å². The van der Waals surface area contributed by atoms with E-state index in [0.717, 1.165) is 57.8 Å². The molecule has 0 fully saturated rings. The number of esters is 2. The molecule has 0 saturated carbocycles. The lowest BCUT2D eigenvalue weighted by Crippen LogP contribution is -2.29. The third kappa shape index (κ3) is 54.5. The molecule has 0 amide bonds. The molecule has 0 saturated heterocycles. The molecule has 0 rings (SSSR count). The maximum atomic E-state index is 12.7. The second-order valence-corrected chi connectivity index (χ2v) is 19.5. The molecule has 0 aliphatic carbocycles. The average molecular weight is 926 g/mol. The summed E-state index contributed by atoms with van der Waals surface area (Å²) in [6.45, 7) is 7.70. The van der Waals surface area contributed by atoms with Gasteiger partial charge in [-0.3, -0.25) is 9.59 Å². The van der Waals surface area contributed by atoms with Crippen molar-refractivity contribution in [3.05, 3.63) is 48.6 Å². The molecule has 0 aliphatic heterocycles. The first kappa shape index (κ1) is 63.9. The SMILES string of the molecule is CCCCC/C=C\C/C=C\C/C=C\C/C=C\CCCC(=O)OC[C@H](COC(=O)CCCCCCCCCCCCCCCCCCC)OCCCCCCCCCCCCCCCCCC. The zero-order chi connectivity index (χ0) is 47.7. The highest BCUT2D eigenvalue weighted by Gasteiger charge is 2.16. The molecule has 0 heterocycles. The summed E-state index contributed by atoms with van der Waals surface area (Å²) in [5.41, 5.74) is 0. The van der Waals surface area contributed by atoms with Crippen molar-refractivity contribution in [2.75, 3.05) is 19.8 Å². The van der Waals surface area contributed by atoms with E-state index in [2.05, 4.69) is 69.4 Å². The lowest BCUT2D eigenvalue weighted by atomic mass is 10.0. The van der Waals surface area contributed by atoms with Crippen molar-refractivity contribution < 1.29 is 23.8 Å². The number of ether oxygens (including phenoxy) is 3. The van der Waals surface area contributed by atoms with Crippen molar-refractivity contribution in [2.24, 2.45) is 0 Å². The number of unbranched alkanes of at least 4 members (excludes halogenated alkanes) is 35. The van der Waals surface area contributed by atoms with Gasteiger partial charge in [-0.25, -0.2) is 0 Å². The van der Waals surface area contributed by atoms with Gasteiger partial charge in [-0.15, -0.1) is 0 Å². The van der Waals surface area contributed by atoms with Crippen LogP contribution in [-0.4, -0.2) is 37.9 Å². The van der Waals surface area contributed by atoms with Gasteiger partial charge in [0.2, 0.25) is 0 Å². The molecule has 0 spiro atoms. The average Bonchev–Trinajstić information content (AvgIpc) is 3.32. The highest BCUT2D eigenvalue weighted by atomic mass is 16.6. The molecule has 5 nitrogen and oxygen atoms in total. The molecule has 0 aromatic rings. The fourth-order valence-corrected chi connectivity index (χ4v) is 8.48.